The van der Waals surface area contributed by atoms with Gasteiger partial charge >= 0.3 is 5.97 Å². The minimum atomic E-state index is -0.378. The molecule has 0 unspecified atom stereocenters. The highest BCUT2D eigenvalue weighted by Crippen LogP contribution is 2.26. The third-order valence-corrected chi connectivity index (χ3v) is 3.85. The first-order valence-electron chi connectivity index (χ1n) is 7.38. The number of ether oxygens (including phenoxy) is 1. The molecule has 21 heavy (non-hydrogen) atoms. The highest BCUT2D eigenvalue weighted by atomic mass is 16.6. The fourth-order valence-corrected chi connectivity index (χ4v) is 2.52. The van der Waals surface area contributed by atoms with Crippen LogP contribution >= 0.6 is 0 Å². The maximum atomic E-state index is 12.3. The van der Waals surface area contributed by atoms with Crippen molar-refractivity contribution in [1.29, 1.82) is 0 Å². The second-order valence-electron chi connectivity index (χ2n) is 6.05. The van der Waals surface area contributed by atoms with Crippen molar-refractivity contribution < 1.29 is 18.8 Å². The van der Waals surface area contributed by atoms with Crippen LogP contribution in [-0.4, -0.2) is 32.7 Å². The van der Waals surface area contributed by atoms with Gasteiger partial charge in [-0.05, 0) is 19.9 Å². The van der Waals surface area contributed by atoms with Crippen LogP contribution < -0.4 is 4.90 Å². The zero-order valence-corrected chi connectivity index (χ0v) is 13.4. The Kier molecular flexibility index (Phi) is 4.68. The van der Waals surface area contributed by atoms with Gasteiger partial charge in [-0.15, -0.1) is 0 Å². The Morgan fingerprint density at radius 1 is 1.29 bits per heavy atom. The Bertz CT molecular complexity index is 630. The molecule has 0 aliphatic heterocycles. The molecule has 0 fully saturated rings. The van der Waals surface area contributed by atoms with Crippen LogP contribution in [0.25, 0.3) is 11.0 Å². The van der Waals surface area contributed by atoms with Crippen molar-refractivity contribution in [1.82, 2.24) is 0 Å². The molecule has 0 saturated carbocycles. The standard InChI is InChI=1S/C17H23NO3/c1-11(10-18(4)5)13(3)20-17(19)16-12(2)14-8-6-7-9-15(14)21-16/h6-9,11,13H,10H2,1-5H3/p+1/t11-,13-/m1/s1. The molecule has 0 amide bonds. The van der Waals surface area contributed by atoms with Crippen LogP contribution in [0.3, 0.4) is 0 Å². The van der Waals surface area contributed by atoms with E-state index < -0.39 is 0 Å². The highest BCUT2D eigenvalue weighted by Gasteiger charge is 2.24. The molecule has 1 aromatic carbocycles. The number of quaternary nitrogens is 1. The molecule has 4 heteroatoms. The average molecular weight is 290 g/mol. The van der Waals surface area contributed by atoms with Crippen LogP contribution in [0.15, 0.2) is 28.7 Å². The Morgan fingerprint density at radius 2 is 1.95 bits per heavy atom. The number of hydrogen-bond donors (Lipinski definition) is 1. The van der Waals surface area contributed by atoms with Crippen molar-refractivity contribution in [2.45, 2.75) is 26.9 Å². The number of carbonyl (C=O) groups excluding carboxylic acids is 1. The van der Waals surface area contributed by atoms with Crippen molar-refractivity contribution in [2.75, 3.05) is 20.6 Å². The van der Waals surface area contributed by atoms with Crippen molar-refractivity contribution in [3.8, 4) is 0 Å². The van der Waals surface area contributed by atoms with E-state index in [2.05, 4.69) is 21.0 Å². The molecule has 1 aromatic heterocycles. The molecule has 0 spiro atoms. The van der Waals surface area contributed by atoms with Gasteiger partial charge in [-0.1, -0.05) is 25.1 Å². The molecule has 2 rings (SSSR count). The minimum Gasteiger partial charge on any atom is -0.456 e. The van der Waals surface area contributed by atoms with Crippen molar-refractivity contribution >= 4 is 16.9 Å². The lowest BCUT2D eigenvalue weighted by Crippen LogP contribution is -3.06. The first-order chi connectivity index (χ1) is 9.90. The summed E-state index contributed by atoms with van der Waals surface area (Å²) in [4.78, 5) is 13.7. The van der Waals surface area contributed by atoms with E-state index in [1.807, 2.05) is 38.1 Å². The van der Waals surface area contributed by atoms with Crippen LogP contribution in [0.1, 0.15) is 30.0 Å². The molecule has 4 nitrogen and oxygen atoms in total. The summed E-state index contributed by atoms with van der Waals surface area (Å²) in [7, 11) is 4.18. The van der Waals surface area contributed by atoms with Crippen LogP contribution in [0.2, 0.25) is 0 Å². The largest absolute Gasteiger partial charge is 0.456 e. The highest BCUT2D eigenvalue weighted by molar-refractivity contribution is 5.95. The number of hydrogen-bond acceptors (Lipinski definition) is 3. The molecule has 0 radical (unpaired) electrons. The molecule has 0 aliphatic rings. The fourth-order valence-electron chi connectivity index (χ4n) is 2.52. The lowest BCUT2D eigenvalue weighted by Gasteiger charge is -2.21. The van der Waals surface area contributed by atoms with Gasteiger partial charge in [-0.3, -0.25) is 0 Å². The summed E-state index contributed by atoms with van der Waals surface area (Å²) < 4.78 is 11.2. The first-order valence-corrected chi connectivity index (χ1v) is 7.38. The number of nitrogens with one attached hydrogen (secondary N) is 1. The minimum absolute atomic E-state index is 0.139. The first kappa shape index (κ1) is 15.6. The quantitative estimate of drug-likeness (QED) is 0.857. The van der Waals surface area contributed by atoms with Crippen LogP contribution in [0.5, 0.6) is 0 Å². The molecule has 0 saturated heterocycles. The lowest BCUT2D eigenvalue weighted by molar-refractivity contribution is -0.862. The van der Waals surface area contributed by atoms with Crippen LogP contribution in [0, 0.1) is 12.8 Å². The summed E-state index contributed by atoms with van der Waals surface area (Å²) in [5.41, 5.74) is 1.56. The van der Waals surface area contributed by atoms with Gasteiger partial charge in [0.1, 0.15) is 11.7 Å². The summed E-state index contributed by atoms with van der Waals surface area (Å²) in [6.45, 7) is 6.87. The van der Waals surface area contributed by atoms with E-state index in [0.717, 1.165) is 23.1 Å². The summed E-state index contributed by atoms with van der Waals surface area (Å²) in [6, 6.07) is 7.64. The summed E-state index contributed by atoms with van der Waals surface area (Å²) >= 11 is 0. The number of para-hydroxylation sites is 1. The molecule has 114 valence electrons. The van der Waals surface area contributed by atoms with E-state index in [1.165, 1.54) is 4.90 Å². The van der Waals surface area contributed by atoms with Gasteiger partial charge in [-0.25, -0.2) is 4.79 Å². The molecule has 2 atom stereocenters. The van der Waals surface area contributed by atoms with Gasteiger partial charge in [0.25, 0.3) is 0 Å². The number of benzene rings is 1. The summed E-state index contributed by atoms with van der Waals surface area (Å²) in [6.07, 6.45) is -0.139. The number of fused-ring (bicyclic) bond motifs is 1. The van der Waals surface area contributed by atoms with Crippen LogP contribution in [0.4, 0.5) is 0 Å². The Labute approximate surface area is 125 Å². The average Bonchev–Trinajstić information content (AvgIpc) is 2.76. The van der Waals surface area contributed by atoms with Crippen molar-refractivity contribution in [2.24, 2.45) is 5.92 Å². The lowest BCUT2D eigenvalue weighted by atomic mass is 10.1. The second-order valence-corrected chi connectivity index (χ2v) is 6.05. The van der Waals surface area contributed by atoms with E-state index in [0.29, 0.717) is 11.7 Å². The zero-order chi connectivity index (χ0) is 15.6. The van der Waals surface area contributed by atoms with E-state index in [4.69, 9.17) is 9.15 Å². The maximum Gasteiger partial charge on any atom is 0.374 e. The topological polar surface area (TPSA) is 43.9 Å². The van der Waals surface area contributed by atoms with E-state index >= 15 is 0 Å². The molecule has 2 aromatic rings. The molecule has 1 N–H and O–H groups in total. The van der Waals surface area contributed by atoms with Gasteiger partial charge < -0.3 is 14.1 Å². The van der Waals surface area contributed by atoms with Crippen molar-refractivity contribution in [3.05, 3.63) is 35.6 Å². The summed E-state index contributed by atoms with van der Waals surface area (Å²) in [5, 5.41) is 0.961. The Morgan fingerprint density at radius 3 is 2.57 bits per heavy atom. The van der Waals surface area contributed by atoms with Crippen LogP contribution in [-0.2, 0) is 4.74 Å². The van der Waals surface area contributed by atoms with Gasteiger partial charge in [0.15, 0.2) is 0 Å². The Balaban J connectivity index is 2.13. The Hall–Kier alpha value is -1.81. The van der Waals surface area contributed by atoms with Gasteiger partial charge in [0.05, 0.1) is 20.6 Å². The van der Waals surface area contributed by atoms with E-state index in [9.17, 15) is 4.79 Å². The third-order valence-electron chi connectivity index (χ3n) is 3.85. The SMILES string of the molecule is Cc1c(C(=O)O[C@H](C)[C@H](C)C[NH+](C)C)oc2ccccc12. The van der Waals surface area contributed by atoms with Gasteiger partial charge in [0.2, 0.25) is 5.76 Å². The molecular formula is C17H24NO3+. The number of aryl methyl sites for hydroxylation is 1. The van der Waals surface area contributed by atoms with Crippen molar-refractivity contribution in [3.63, 3.8) is 0 Å². The van der Waals surface area contributed by atoms with E-state index in [1.54, 1.807) is 0 Å². The number of furan rings is 1. The predicted octanol–water partition coefficient (Wildman–Crippen LogP) is 2.07. The van der Waals surface area contributed by atoms with E-state index in [-0.39, 0.29) is 12.1 Å². The monoisotopic (exact) mass is 290 g/mol. The number of carbonyl (C=O) groups is 1. The normalized spacial score (nSPS) is 14.4. The number of esters is 1. The summed E-state index contributed by atoms with van der Waals surface area (Å²) in [5.74, 6) is 0.230. The molecule has 0 bridgehead atoms. The van der Waals surface area contributed by atoms with Gasteiger partial charge in [-0.2, -0.15) is 0 Å². The number of rotatable bonds is 5. The van der Waals surface area contributed by atoms with Gasteiger partial charge in [0, 0.05) is 16.9 Å². The zero-order valence-electron chi connectivity index (χ0n) is 13.4. The second kappa shape index (κ2) is 6.31. The molecular weight excluding hydrogens is 266 g/mol. The fraction of sp³-hybridized carbons (Fsp3) is 0.471. The molecule has 0 aliphatic carbocycles. The maximum absolute atomic E-state index is 12.3. The smallest absolute Gasteiger partial charge is 0.374 e. The third kappa shape index (κ3) is 3.45. The predicted molar refractivity (Wildman–Crippen MR) is 82.7 cm³/mol. The molecule has 1 heterocycles.